The molecule has 0 saturated carbocycles. The zero-order valence-electron chi connectivity index (χ0n) is 11.3. The number of halogens is 3. The van der Waals surface area contributed by atoms with E-state index in [9.17, 15) is 4.79 Å². The summed E-state index contributed by atoms with van der Waals surface area (Å²) in [5.41, 5.74) is 0.881. The van der Waals surface area contributed by atoms with Crippen molar-refractivity contribution in [3.8, 4) is 0 Å². The number of alkyl carbamates (subject to hydrolysis) is 1. The van der Waals surface area contributed by atoms with E-state index in [0.29, 0.717) is 0 Å². The molecule has 1 atom stereocenters. The Morgan fingerprint density at radius 3 is 2.73 bits per heavy atom. The lowest BCUT2D eigenvalue weighted by molar-refractivity contribution is 0.139. The van der Waals surface area contributed by atoms with Gasteiger partial charge in [0.1, 0.15) is 16.4 Å². The number of hydrogen-bond acceptors (Lipinski definition) is 5. The van der Waals surface area contributed by atoms with Crippen LogP contribution in [0.1, 0.15) is 5.56 Å². The molecule has 1 heterocycles. The van der Waals surface area contributed by atoms with Crippen molar-refractivity contribution in [3.05, 3.63) is 35.9 Å². The van der Waals surface area contributed by atoms with Gasteiger partial charge in [0.15, 0.2) is 0 Å². The average Bonchev–Trinajstić information content (AvgIpc) is 2.98. The molecule has 2 rings (SSSR count). The first kappa shape index (κ1) is 18.1. The Morgan fingerprint density at radius 2 is 2.14 bits per heavy atom. The van der Waals surface area contributed by atoms with Crippen LogP contribution in [0.5, 0.6) is 0 Å². The van der Waals surface area contributed by atoms with Gasteiger partial charge in [-0.2, -0.15) is 0 Å². The minimum absolute atomic E-state index is 0.152. The Labute approximate surface area is 152 Å². The zero-order chi connectivity index (χ0) is 16.0. The number of hydrogen-bond donors (Lipinski definition) is 1. The van der Waals surface area contributed by atoms with Crippen LogP contribution in [0.4, 0.5) is 4.79 Å². The molecular weight excluding hydrogens is 387 g/mol. The highest BCUT2D eigenvalue weighted by Crippen LogP contribution is 2.39. The number of carbonyl (C=O) groups is 1. The van der Waals surface area contributed by atoms with E-state index in [2.05, 4.69) is 10.3 Å². The van der Waals surface area contributed by atoms with E-state index >= 15 is 0 Å². The van der Waals surface area contributed by atoms with Gasteiger partial charge in [0.05, 0.1) is 6.54 Å². The lowest BCUT2D eigenvalue weighted by atomic mass is 10.2. The summed E-state index contributed by atoms with van der Waals surface area (Å²) in [6, 6.07) is 9.34. The Kier molecular flexibility index (Phi) is 7.02. The molecule has 0 unspecified atom stereocenters. The van der Waals surface area contributed by atoms with Crippen LogP contribution in [0.2, 0.25) is 0 Å². The molecule has 1 aliphatic heterocycles. The van der Waals surface area contributed by atoms with Gasteiger partial charge in [-0.3, -0.25) is 4.99 Å². The summed E-state index contributed by atoms with van der Waals surface area (Å²) in [6.07, 6.45) is -0.642. The van der Waals surface area contributed by atoms with Gasteiger partial charge in [0, 0.05) is 5.75 Å². The highest BCUT2D eigenvalue weighted by atomic mass is 35.6. The van der Waals surface area contributed by atoms with Crippen molar-refractivity contribution in [2.24, 2.45) is 4.99 Å². The minimum atomic E-state index is -1.66. The monoisotopic (exact) mass is 398 g/mol. The average molecular weight is 400 g/mol. The molecule has 1 amide bonds. The summed E-state index contributed by atoms with van der Waals surface area (Å²) >= 11 is 20.5. The topological polar surface area (TPSA) is 50.7 Å². The molecule has 120 valence electrons. The van der Waals surface area contributed by atoms with Gasteiger partial charge in [-0.1, -0.05) is 88.7 Å². The highest BCUT2D eigenvalue weighted by molar-refractivity contribution is 8.39. The molecule has 1 aromatic carbocycles. The summed E-state index contributed by atoms with van der Waals surface area (Å²) in [5, 5.41) is 1.79. The summed E-state index contributed by atoms with van der Waals surface area (Å²) in [7, 11) is 0. The first-order valence-electron chi connectivity index (χ1n) is 6.33. The molecule has 0 fully saturated rings. The first-order chi connectivity index (χ1) is 10.4. The van der Waals surface area contributed by atoms with Gasteiger partial charge >= 0.3 is 6.09 Å². The van der Waals surface area contributed by atoms with Crippen LogP contribution in [0.15, 0.2) is 35.3 Å². The van der Waals surface area contributed by atoms with Crippen LogP contribution in [0, 0.1) is 0 Å². The van der Waals surface area contributed by atoms with Crippen molar-refractivity contribution in [2.45, 2.75) is 15.8 Å². The highest BCUT2D eigenvalue weighted by Gasteiger charge is 2.36. The lowest BCUT2D eigenvalue weighted by Gasteiger charge is -2.24. The third-order valence-corrected chi connectivity index (χ3v) is 6.02. The van der Waals surface area contributed by atoms with E-state index in [-0.39, 0.29) is 6.61 Å². The molecule has 22 heavy (non-hydrogen) atoms. The third-order valence-electron chi connectivity index (χ3n) is 2.54. The molecule has 0 bridgehead atoms. The fraction of sp³-hybridized carbons (Fsp3) is 0.385. The van der Waals surface area contributed by atoms with Crippen molar-refractivity contribution in [1.29, 1.82) is 0 Å². The predicted octanol–water partition coefficient (Wildman–Crippen LogP) is 4.45. The van der Waals surface area contributed by atoms with Crippen LogP contribution in [0.3, 0.4) is 0 Å². The standard InChI is InChI=1S/C13H13Cl3N2O2S2/c14-13(15,16)10(22-12-17-6-7-21-12)18-11(19)20-8-9-4-2-1-3-5-9/h1-5,10H,6-8H2,(H,18,19)/t10-/m0/s1. The van der Waals surface area contributed by atoms with Crippen molar-refractivity contribution in [2.75, 3.05) is 12.3 Å². The summed E-state index contributed by atoms with van der Waals surface area (Å²) in [4.78, 5) is 16.1. The van der Waals surface area contributed by atoms with E-state index in [1.165, 1.54) is 11.8 Å². The Balaban J connectivity index is 1.87. The number of ether oxygens (including phenoxy) is 1. The zero-order valence-corrected chi connectivity index (χ0v) is 15.2. The molecule has 0 radical (unpaired) electrons. The summed E-state index contributed by atoms with van der Waals surface area (Å²) in [5.74, 6) is 0.896. The van der Waals surface area contributed by atoms with Gasteiger partial charge < -0.3 is 10.1 Å². The Bertz CT molecular complexity index is 538. The van der Waals surface area contributed by atoms with Crippen LogP contribution in [-0.2, 0) is 11.3 Å². The number of alkyl halides is 3. The maximum atomic E-state index is 11.9. The smallest absolute Gasteiger partial charge is 0.408 e. The molecular formula is C13H13Cl3N2O2S2. The summed E-state index contributed by atoms with van der Waals surface area (Å²) in [6.45, 7) is 0.887. The van der Waals surface area contributed by atoms with Crippen molar-refractivity contribution < 1.29 is 9.53 Å². The number of carbonyl (C=O) groups excluding carboxylic acids is 1. The maximum Gasteiger partial charge on any atom is 0.408 e. The Hall–Kier alpha value is -0.270. The number of thioether (sulfide) groups is 2. The largest absolute Gasteiger partial charge is 0.445 e. The molecule has 0 aromatic heterocycles. The molecule has 9 heteroatoms. The molecule has 1 aliphatic rings. The molecule has 0 spiro atoms. The van der Waals surface area contributed by atoms with Gasteiger partial charge in [-0.25, -0.2) is 4.79 Å². The van der Waals surface area contributed by atoms with Crippen LogP contribution < -0.4 is 5.32 Å². The summed E-state index contributed by atoms with van der Waals surface area (Å²) < 4.78 is 4.26. The van der Waals surface area contributed by atoms with Crippen molar-refractivity contribution >= 4 is 68.8 Å². The first-order valence-corrected chi connectivity index (χ1v) is 9.33. The molecule has 1 N–H and O–H groups in total. The molecule has 0 aliphatic carbocycles. The van der Waals surface area contributed by atoms with E-state index in [0.717, 1.165) is 22.2 Å². The van der Waals surface area contributed by atoms with Gasteiger partial charge in [0.25, 0.3) is 0 Å². The SMILES string of the molecule is O=C(N[C@@H](SC1=NCCS1)C(Cl)(Cl)Cl)OCc1ccccc1. The van der Waals surface area contributed by atoms with Gasteiger partial charge in [0.2, 0.25) is 3.79 Å². The fourth-order valence-electron chi connectivity index (χ4n) is 1.54. The second kappa shape index (κ2) is 8.55. The second-order valence-electron chi connectivity index (χ2n) is 4.24. The minimum Gasteiger partial charge on any atom is -0.445 e. The number of nitrogens with zero attached hydrogens (tertiary/aromatic N) is 1. The number of amides is 1. The number of benzene rings is 1. The van der Waals surface area contributed by atoms with Crippen LogP contribution in [0.25, 0.3) is 0 Å². The maximum absolute atomic E-state index is 11.9. The Morgan fingerprint density at radius 1 is 1.41 bits per heavy atom. The van der Waals surface area contributed by atoms with Crippen molar-refractivity contribution in [1.82, 2.24) is 5.32 Å². The van der Waals surface area contributed by atoms with Crippen molar-refractivity contribution in [3.63, 3.8) is 0 Å². The molecule has 0 saturated heterocycles. The van der Waals surface area contributed by atoms with Gasteiger partial charge in [-0.05, 0) is 5.56 Å². The lowest BCUT2D eigenvalue weighted by Crippen LogP contribution is -2.42. The third kappa shape index (κ3) is 6.08. The number of rotatable bonds is 4. The van der Waals surface area contributed by atoms with E-state index in [4.69, 9.17) is 39.5 Å². The van der Waals surface area contributed by atoms with Crippen LogP contribution >= 0.6 is 58.3 Å². The number of nitrogens with one attached hydrogen (secondary N) is 1. The fourth-order valence-corrected chi connectivity index (χ4v) is 4.11. The number of aliphatic imine (C=N–C) groups is 1. The van der Waals surface area contributed by atoms with Gasteiger partial charge in [-0.15, -0.1) is 0 Å². The molecule has 1 aromatic rings. The van der Waals surface area contributed by atoms with E-state index in [1.54, 1.807) is 11.8 Å². The van der Waals surface area contributed by atoms with Crippen LogP contribution in [-0.4, -0.2) is 31.9 Å². The second-order valence-corrected chi connectivity index (χ2v) is 9.05. The van der Waals surface area contributed by atoms with E-state index < -0.39 is 15.3 Å². The predicted molar refractivity (Wildman–Crippen MR) is 96.2 cm³/mol. The normalized spacial score (nSPS) is 16.0. The molecule has 4 nitrogen and oxygen atoms in total. The quantitative estimate of drug-likeness (QED) is 0.600. The van der Waals surface area contributed by atoms with E-state index in [1.807, 2.05) is 30.3 Å².